The van der Waals surface area contributed by atoms with Crippen LogP contribution < -0.4 is 10.1 Å². The van der Waals surface area contributed by atoms with Crippen LogP contribution in [-0.4, -0.2) is 44.6 Å². The van der Waals surface area contributed by atoms with E-state index in [1.807, 2.05) is 19.1 Å². The molecule has 1 saturated carbocycles. The lowest BCUT2D eigenvalue weighted by Gasteiger charge is -2.28. The fraction of sp³-hybridized carbons (Fsp3) is 0.611. The minimum absolute atomic E-state index is 0.0948. The number of methoxy groups -OCH3 is 1. The van der Waals surface area contributed by atoms with Crippen LogP contribution in [-0.2, 0) is 14.8 Å². The molecule has 1 aromatic carbocycles. The largest absolute Gasteiger partial charge is 0.495 e. The van der Waals surface area contributed by atoms with E-state index in [0.29, 0.717) is 11.4 Å². The number of hydrogen-bond donors (Lipinski definition) is 1. The molecule has 0 radical (unpaired) electrons. The van der Waals surface area contributed by atoms with Gasteiger partial charge in [0.25, 0.3) is 0 Å². The zero-order valence-electron chi connectivity index (χ0n) is 15.2. The van der Waals surface area contributed by atoms with E-state index >= 15 is 0 Å². The Labute approximate surface area is 150 Å². The molecule has 0 spiro atoms. The number of nitrogens with one attached hydrogen (secondary N) is 1. The topological polar surface area (TPSA) is 75.7 Å². The van der Waals surface area contributed by atoms with E-state index in [0.717, 1.165) is 44.1 Å². The van der Waals surface area contributed by atoms with Crippen LogP contribution in [0.2, 0.25) is 0 Å². The van der Waals surface area contributed by atoms with Gasteiger partial charge in [0.1, 0.15) is 5.75 Å². The van der Waals surface area contributed by atoms with Crippen molar-refractivity contribution in [1.29, 1.82) is 0 Å². The molecule has 0 bridgehead atoms. The number of aryl methyl sites for hydroxylation is 1. The van der Waals surface area contributed by atoms with Crippen molar-refractivity contribution in [2.24, 2.45) is 0 Å². The fourth-order valence-corrected chi connectivity index (χ4v) is 4.42. The first-order valence-corrected chi connectivity index (χ1v) is 10.6. The minimum atomic E-state index is -3.45. The lowest BCUT2D eigenvalue weighted by molar-refractivity contribution is -0.116. The lowest BCUT2D eigenvalue weighted by Crippen LogP contribution is -2.44. The Bertz CT molecular complexity index is 695. The molecule has 1 aromatic rings. The van der Waals surface area contributed by atoms with Gasteiger partial charge in [-0.05, 0) is 37.5 Å². The van der Waals surface area contributed by atoms with Crippen molar-refractivity contribution < 1.29 is 17.9 Å². The number of anilines is 1. The van der Waals surface area contributed by atoms with Crippen LogP contribution in [0.15, 0.2) is 18.2 Å². The first kappa shape index (κ1) is 19.7. The highest BCUT2D eigenvalue weighted by atomic mass is 32.2. The maximum Gasteiger partial charge on any atom is 0.239 e. The second-order valence-electron chi connectivity index (χ2n) is 6.71. The van der Waals surface area contributed by atoms with Gasteiger partial charge in [0.05, 0.1) is 25.6 Å². The van der Waals surface area contributed by atoms with Crippen LogP contribution in [0.1, 0.15) is 44.1 Å². The average Bonchev–Trinajstić information content (AvgIpc) is 2.81. The van der Waals surface area contributed by atoms with Gasteiger partial charge in [-0.25, -0.2) is 8.42 Å². The number of amides is 1. The van der Waals surface area contributed by atoms with Crippen molar-refractivity contribution in [3.8, 4) is 5.75 Å². The summed E-state index contributed by atoms with van der Waals surface area (Å²) < 4.78 is 31.1. The predicted octanol–water partition coefficient (Wildman–Crippen LogP) is 2.93. The summed E-state index contributed by atoms with van der Waals surface area (Å²) in [5.74, 6) is 0.206. The summed E-state index contributed by atoms with van der Waals surface area (Å²) in [6.45, 7) is 1.75. The normalized spacial score (nSPS) is 16.5. The summed E-state index contributed by atoms with van der Waals surface area (Å²) in [7, 11) is -1.91. The van der Waals surface area contributed by atoms with Gasteiger partial charge < -0.3 is 10.1 Å². The Morgan fingerprint density at radius 3 is 2.44 bits per heavy atom. The van der Waals surface area contributed by atoms with Gasteiger partial charge in [-0.3, -0.25) is 4.79 Å². The first-order chi connectivity index (χ1) is 11.8. The molecule has 1 amide bonds. The molecule has 1 aliphatic carbocycles. The van der Waals surface area contributed by atoms with Crippen molar-refractivity contribution in [2.75, 3.05) is 25.2 Å². The summed E-state index contributed by atoms with van der Waals surface area (Å²) in [5, 5.41) is 2.79. The third-order valence-electron chi connectivity index (χ3n) is 4.59. The molecule has 0 saturated heterocycles. The van der Waals surface area contributed by atoms with Crippen molar-refractivity contribution in [3.63, 3.8) is 0 Å². The zero-order valence-corrected chi connectivity index (χ0v) is 16.1. The maximum absolute atomic E-state index is 12.5. The quantitative estimate of drug-likeness (QED) is 0.784. The number of rotatable bonds is 6. The standard InChI is InChI=1S/C18H28N2O4S/c1-14-10-11-17(24-2)16(12-14)19-18(21)13-20(25(3,22)23)15-8-6-4-5-7-9-15/h10-12,15H,4-9,13H2,1-3H3,(H,19,21). The number of hydrogen-bond acceptors (Lipinski definition) is 4. The van der Waals surface area contributed by atoms with Gasteiger partial charge >= 0.3 is 0 Å². The number of sulfonamides is 1. The molecule has 1 fully saturated rings. The summed E-state index contributed by atoms with van der Waals surface area (Å²) in [4.78, 5) is 12.5. The lowest BCUT2D eigenvalue weighted by atomic mass is 10.1. The van der Waals surface area contributed by atoms with Gasteiger partial charge in [-0.1, -0.05) is 31.7 Å². The van der Waals surface area contributed by atoms with Gasteiger partial charge in [0, 0.05) is 6.04 Å². The first-order valence-electron chi connectivity index (χ1n) is 8.72. The van der Waals surface area contributed by atoms with Crippen LogP contribution >= 0.6 is 0 Å². The fourth-order valence-electron chi connectivity index (χ4n) is 3.31. The minimum Gasteiger partial charge on any atom is -0.495 e. The van der Waals surface area contributed by atoms with Crippen molar-refractivity contribution in [3.05, 3.63) is 23.8 Å². The van der Waals surface area contributed by atoms with E-state index in [4.69, 9.17) is 4.74 Å². The molecule has 1 aliphatic rings. The highest BCUT2D eigenvalue weighted by Gasteiger charge is 2.29. The van der Waals surface area contributed by atoms with Gasteiger partial charge in [0.2, 0.25) is 15.9 Å². The van der Waals surface area contributed by atoms with Crippen LogP contribution in [0.25, 0.3) is 0 Å². The van der Waals surface area contributed by atoms with Gasteiger partial charge in [-0.2, -0.15) is 4.31 Å². The van der Waals surface area contributed by atoms with Crippen molar-refractivity contribution in [1.82, 2.24) is 4.31 Å². The summed E-state index contributed by atoms with van der Waals surface area (Å²) in [5.41, 5.74) is 1.54. The molecule has 0 unspecified atom stereocenters. The summed E-state index contributed by atoms with van der Waals surface area (Å²) in [6, 6.07) is 5.39. The predicted molar refractivity (Wildman–Crippen MR) is 99.4 cm³/mol. The number of benzene rings is 1. The molecular formula is C18H28N2O4S. The Morgan fingerprint density at radius 1 is 1.24 bits per heavy atom. The molecule has 1 N–H and O–H groups in total. The van der Waals surface area contributed by atoms with E-state index in [1.165, 1.54) is 17.7 Å². The second-order valence-corrected chi connectivity index (χ2v) is 8.64. The van der Waals surface area contributed by atoms with Crippen LogP contribution in [0.5, 0.6) is 5.75 Å². The summed E-state index contributed by atoms with van der Waals surface area (Å²) >= 11 is 0. The maximum atomic E-state index is 12.5. The number of nitrogens with zero attached hydrogens (tertiary/aromatic N) is 1. The van der Waals surface area contributed by atoms with Gasteiger partial charge in [0.15, 0.2) is 0 Å². The Kier molecular flexibility index (Phi) is 6.84. The highest BCUT2D eigenvalue weighted by Crippen LogP contribution is 2.26. The number of carbonyl (C=O) groups excluding carboxylic acids is 1. The number of carbonyl (C=O) groups is 1. The van der Waals surface area contributed by atoms with Crippen LogP contribution in [0.3, 0.4) is 0 Å². The van der Waals surface area contributed by atoms with Crippen molar-refractivity contribution >= 4 is 21.6 Å². The van der Waals surface area contributed by atoms with E-state index in [-0.39, 0.29) is 18.5 Å². The van der Waals surface area contributed by atoms with E-state index < -0.39 is 10.0 Å². The molecule has 25 heavy (non-hydrogen) atoms. The van der Waals surface area contributed by atoms with E-state index in [9.17, 15) is 13.2 Å². The SMILES string of the molecule is COc1ccc(C)cc1NC(=O)CN(C1CCCCCC1)S(C)(=O)=O. The van der Waals surface area contributed by atoms with Crippen molar-refractivity contribution in [2.45, 2.75) is 51.5 Å². The molecule has 6 nitrogen and oxygen atoms in total. The molecule has 0 aromatic heterocycles. The molecule has 0 aliphatic heterocycles. The molecule has 7 heteroatoms. The zero-order chi connectivity index (χ0) is 18.4. The molecular weight excluding hydrogens is 340 g/mol. The molecule has 140 valence electrons. The average molecular weight is 368 g/mol. The monoisotopic (exact) mass is 368 g/mol. The summed E-state index contributed by atoms with van der Waals surface area (Å²) in [6.07, 6.45) is 7.07. The smallest absolute Gasteiger partial charge is 0.239 e. The third-order valence-corrected chi connectivity index (χ3v) is 5.87. The molecule has 0 atom stereocenters. The van der Waals surface area contributed by atoms with E-state index in [2.05, 4.69) is 5.32 Å². The number of ether oxygens (including phenoxy) is 1. The van der Waals surface area contributed by atoms with E-state index in [1.54, 1.807) is 6.07 Å². The van der Waals surface area contributed by atoms with Gasteiger partial charge in [-0.15, -0.1) is 0 Å². The van der Waals surface area contributed by atoms with Crippen LogP contribution in [0.4, 0.5) is 5.69 Å². The molecule has 0 heterocycles. The Morgan fingerprint density at radius 2 is 1.88 bits per heavy atom. The highest BCUT2D eigenvalue weighted by molar-refractivity contribution is 7.88. The third kappa shape index (κ3) is 5.71. The van der Waals surface area contributed by atoms with Crippen LogP contribution in [0, 0.1) is 6.92 Å². The second kappa shape index (κ2) is 8.67. The Hall–Kier alpha value is -1.60. The Balaban J connectivity index is 2.13. The molecule has 2 rings (SSSR count).